The number of nitrogen functional groups attached to an aromatic ring is 1. The Kier molecular flexibility index (Phi) is 5.14. The maximum Gasteiger partial charge on any atom is 0.134 e. The number of nitrogens with one attached hydrogen (secondary N) is 1. The summed E-state index contributed by atoms with van der Waals surface area (Å²) in [5.41, 5.74) is 9.20. The lowest BCUT2D eigenvalue weighted by atomic mass is 10.1. The van der Waals surface area contributed by atoms with Gasteiger partial charge in [0.2, 0.25) is 0 Å². The Labute approximate surface area is 125 Å². The molecule has 0 unspecified atom stereocenters. The van der Waals surface area contributed by atoms with Crippen molar-refractivity contribution in [1.29, 1.82) is 0 Å². The molecule has 0 atom stereocenters. The van der Waals surface area contributed by atoms with Gasteiger partial charge >= 0.3 is 0 Å². The van der Waals surface area contributed by atoms with Crippen LogP contribution < -0.4 is 11.1 Å². The highest BCUT2D eigenvalue weighted by Crippen LogP contribution is 2.18. The third-order valence-corrected chi connectivity index (χ3v) is 3.42. The number of nitrogens with two attached hydrogens (primary N) is 1. The molecule has 0 saturated heterocycles. The maximum absolute atomic E-state index is 5.92. The fraction of sp³-hybridized carbons (Fsp3) is 0.533. The second-order valence-electron chi connectivity index (χ2n) is 5.27. The third-order valence-electron chi connectivity index (χ3n) is 3.42. The van der Waals surface area contributed by atoms with Gasteiger partial charge in [0.05, 0.1) is 5.69 Å². The molecule has 2 aromatic heterocycles. The normalized spacial score (nSPS) is 10.8. The van der Waals surface area contributed by atoms with Gasteiger partial charge in [-0.3, -0.25) is 4.68 Å². The average Bonchev–Trinajstić information content (AvgIpc) is 2.76. The molecule has 21 heavy (non-hydrogen) atoms. The summed E-state index contributed by atoms with van der Waals surface area (Å²) in [6.07, 6.45) is 4.42. The van der Waals surface area contributed by atoms with Crippen molar-refractivity contribution in [2.24, 2.45) is 0 Å². The molecule has 0 radical (unpaired) electrons. The first-order chi connectivity index (χ1) is 10.1. The Balaban J connectivity index is 1.89. The van der Waals surface area contributed by atoms with Gasteiger partial charge in [-0.05, 0) is 32.8 Å². The van der Waals surface area contributed by atoms with Crippen LogP contribution in [0.4, 0.5) is 11.6 Å². The standard InChI is InChI=1S/C15H24N6/c1-4-6-13-14(16)18-10-19-15(13)17-7-5-8-21-12(3)9-11(2)20-21/h9-10H,4-8H2,1-3H3,(H3,16,17,18,19). The highest BCUT2D eigenvalue weighted by Gasteiger charge is 2.08. The fourth-order valence-electron chi connectivity index (χ4n) is 2.41. The van der Waals surface area contributed by atoms with E-state index in [0.29, 0.717) is 5.82 Å². The first-order valence-electron chi connectivity index (χ1n) is 7.46. The molecule has 2 rings (SSSR count). The molecule has 0 aliphatic heterocycles. The van der Waals surface area contributed by atoms with Gasteiger partial charge in [0, 0.05) is 24.3 Å². The van der Waals surface area contributed by atoms with Crippen LogP contribution in [0.25, 0.3) is 0 Å². The molecule has 6 nitrogen and oxygen atoms in total. The van der Waals surface area contributed by atoms with Crippen LogP contribution in [0.2, 0.25) is 0 Å². The molecule has 114 valence electrons. The molecule has 2 aromatic rings. The zero-order valence-electron chi connectivity index (χ0n) is 13.1. The van der Waals surface area contributed by atoms with Crippen LogP contribution >= 0.6 is 0 Å². The van der Waals surface area contributed by atoms with Gasteiger partial charge < -0.3 is 11.1 Å². The highest BCUT2D eigenvalue weighted by atomic mass is 15.3. The van der Waals surface area contributed by atoms with E-state index < -0.39 is 0 Å². The zero-order valence-corrected chi connectivity index (χ0v) is 13.1. The molecule has 0 aliphatic rings. The van der Waals surface area contributed by atoms with E-state index in [9.17, 15) is 0 Å². The minimum atomic E-state index is 0.577. The van der Waals surface area contributed by atoms with Crippen molar-refractivity contribution >= 4 is 11.6 Å². The average molecular weight is 288 g/mol. The molecular weight excluding hydrogens is 264 g/mol. The Hall–Kier alpha value is -2.11. The van der Waals surface area contributed by atoms with Crippen LogP contribution in [0.1, 0.15) is 36.7 Å². The summed E-state index contributed by atoms with van der Waals surface area (Å²) in [6, 6.07) is 2.10. The van der Waals surface area contributed by atoms with E-state index in [1.54, 1.807) is 0 Å². The summed E-state index contributed by atoms with van der Waals surface area (Å²) in [6.45, 7) is 7.96. The van der Waals surface area contributed by atoms with E-state index in [1.165, 1.54) is 12.0 Å². The molecule has 0 amide bonds. The Morgan fingerprint density at radius 1 is 1.29 bits per heavy atom. The molecular formula is C15H24N6. The lowest BCUT2D eigenvalue weighted by molar-refractivity contribution is 0.573. The van der Waals surface area contributed by atoms with Crippen molar-refractivity contribution in [1.82, 2.24) is 19.7 Å². The van der Waals surface area contributed by atoms with Crippen LogP contribution in [0.3, 0.4) is 0 Å². The summed E-state index contributed by atoms with van der Waals surface area (Å²) < 4.78 is 2.04. The molecule has 0 aliphatic carbocycles. The molecule has 0 aromatic carbocycles. The van der Waals surface area contributed by atoms with E-state index in [0.717, 1.165) is 49.4 Å². The Morgan fingerprint density at radius 3 is 2.76 bits per heavy atom. The number of aromatic nitrogens is 4. The summed E-state index contributed by atoms with van der Waals surface area (Å²) in [7, 11) is 0. The maximum atomic E-state index is 5.92. The molecule has 0 bridgehead atoms. The molecule has 0 saturated carbocycles. The van der Waals surface area contributed by atoms with Crippen LogP contribution in [0.15, 0.2) is 12.4 Å². The molecule has 0 fully saturated rings. The Bertz CT molecular complexity index is 590. The van der Waals surface area contributed by atoms with E-state index in [-0.39, 0.29) is 0 Å². The van der Waals surface area contributed by atoms with Crippen molar-refractivity contribution < 1.29 is 0 Å². The lowest BCUT2D eigenvalue weighted by Gasteiger charge is -2.12. The quantitative estimate of drug-likeness (QED) is 0.764. The number of hydrogen-bond acceptors (Lipinski definition) is 5. The minimum absolute atomic E-state index is 0.577. The lowest BCUT2D eigenvalue weighted by Crippen LogP contribution is -2.12. The van der Waals surface area contributed by atoms with Gasteiger partial charge in [0.1, 0.15) is 18.0 Å². The monoisotopic (exact) mass is 288 g/mol. The van der Waals surface area contributed by atoms with Gasteiger partial charge in [-0.25, -0.2) is 9.97 Å². The number of hydrogen-bond donors (Lipinski definition) is 2. The molecule has 0 spiro atoms. The van der Waals surface area contributed by atoms with Crippen molar-refractivity contribution in [3.63, 3.8) is 0 Å². The minimum Gasteiger partial charge on any atom is -0.383 e. The van der Waals surface area contributed by atoms with Gasteiger partial charge in [0.15, 0.2) is 0 Å². The first-order valence-corrected chi connectivity index (χ1v) is 7.46. The highest BCUT2D eigenvalue weighted by molar-refractivity contribution is 5.54. The second-order valence-corrected chi connectivity index (χ2v) is 5.27. The van der Waals surface area contributed by atoms with Crippen molar-refractivity contribution in [2.75, 3.05) is 17.6 Å². The van der Waals surface area contributed by atoms with Gasteiger partial charge in [-0.1, -0.05) is 13.3 Å². The predicted molar refractivity (Wildman–Crippen MR) is 85.2 cm³/mol. The Morgan fingerprint density at radius 2 is 2.10 bits per heavy atom. The van der Waals surface area contributed by atoms with Crippen LogP contribution in [-0.4, -0.2) is 26.3 Å². The number of nitrogens with zero attached hydrogens (tertiary/aromatic N) is 4. The largest absolute Gasteiger partial charge is 0.383 e. The SMILES string of the molecule is CCCc1c(N)ncnc1NCCCn1nc(C)cc1C. The molecule has 3 N–H and O–H groups in total. The van der Waals surface area contributed by atoms with Crippen LogP contribution in [-0.2, 0) is 13.0 Å². The van der Waals surface area contributed by atoms with Crippen LogP contribution in [0.5, 0.6) is 0 Å². The van der Waals surface area contributed by atoms with Gasteiger partial charge in [-0.2, -0.15) is 5.10 Å². The van der Waals surface area contributed by atoms with Gasteiger partial charge in [-0.15, -0.1) is 0 Å². The molecule has 2 heterocycles. The molecule has 6 heteroatoms. The fourth-order valence-corrected chi connectivity index (χ4v) is 2.41. The van der Waals surface area contributed by atoms with Gasteiger partial charge in [0.25, 0.3) is 0 Å². The first kappa shape index (κ1) is 15.3. The summed E-state index contributed by atoms with van der Waals surface area (Å²) in [5.74, 6) is 1.44. The van der Waals surface area contributed by atoms with E-state index in [4.69, 9.17) is 5.73 Å². The van der Waals surface area contributed by atoms with Crippen LogP contribution in [0, 0.1) is 13.8 Å². The second kappa shape index (κ2) is 7.06. The van der Waals surface area contributed by atoms with Crippen molar-refractivity contribution in [3.8, 4) is 0 Å². The van der Waals surface area contributed by atoms with E-state index in [2.05, 4.69) is 40.3 Å². The summed E-state index contributed by atoms with van der Waals surface area (Å²) >= 11 is 0. The zero-order chi connectivity index (χ0) is 15.2. The van der Waals surface area contributed by atoms with Crippen molar-refractivity contribution in [2.45, 2.75) is 46.6 Å². The summed E-state index contributed by atoms with van der Waals surface area (Å²) in [4.78, 5) is 8.36. The topological polar surface area (TPSA) is 81.6 Å². The van der Waals surface area contributed by atoms with Crippen molar-refractivity contribution in [3.05, 3.63) is 29.3 Å². The van der Waals surface area contributed by atoms with E-state index in [1.807, 2.05) is 11.6 Å². The summed E-state index contributed by atoms with van der Waals surface area (Å²) in [5, 5.41) is 7.82. The predicted octanol–water partition coefficient (Wildman–Crippen LogP) is 2.33. The smallest absolute Gasteiger partial charge is 0.134 e. The third kappa shape index (κ3) is 3.93. The van der Waals surface area contributed by atoms with E-state index >= 15 is 0 Å². The number of rotatable bonds is 7. The number of anilines is 2. The number of aryl methyl sites for hydroxylation is 3.